The first-order chi connectivity index (χ1) is 22.9. The number of carbonyl (C=O) groups is 2. The van der Waals surface area contributed by atoms with E-state index in [1.807, 2.05) is 0 Å². The topological polar surface area (TPSA) is 64.6 Å². The molecule has 5 nitrogen and oxygen atoms in total. The number of carbonyl (C=O) groups excluding carboxylic acids is 2. The van der Waals surface area contributed by atoms with Crippen molar-refractivity contribution in [1.82, 2.24) is 5.32 Å². The van der Waals surface area contributed by atoms with Crippen LogP contribution in [0, 0.1) is 17.5 Å². The zero-order valence-electron chi connectivity index (χ0n) is 24.9. The quantitative estimate of drug-likeness (QED) is 0.0970. The van der Waals surface area contributed by atoms with E-state index in [1.165, 1.54) is 24.3 Å². The normalized spacial score (nSPS) is 13.3. The molecule has 0 aliphatic heterocycles. The van der Waals surface area contributed by atoms with Crippen molar-refractivity contribution in [1.29, 1.82) is 0 Å². The summed E-state index contributed by atoms with van der Waals surface area (Å²) in [6.45, 7) is 0. The second-order valence-electron chi connectivity index (χ2n) is 10.4. The maximum Gasteiger partial charge on any atom is 0.461 e. The summed E-state index contributed by atoms with van der Waals surface area (Å²) in [7, 11) is 1.04. The summed E-state index contributed by atoms with van der Waals surface area (Å²) < 4.78 is 147. The smallest absolute Gasteiger partial charge is 0.461 e. The van der Waals surface area contributed by atoms with Crippen LogP contribution in [-0.4, -0.2) is 31.5 Å². The lowest BCUT2D eigenvalue weighted by atomic mass is 9.77. The molecule has 0 fully saturated rings. The van der Waals surface area contributed by atoms with Crippen LogP contribution in [-0.2, 0) is 27.7 Å². The number of benzene rings is 4. The van der Waals surface area contributed by atoms with Gasteiger partial charge in [0.15, 0.2) is 0 Å². The maximum atomic E-state index is 15.2. The number of hydrogen-bond donors (Lipinski definition) is 1. The highest BCUT2D eigenvalue weighted by molar-refractivity contribution is 5.95. The van der Waals surface area contributed by atoms with Crippen molar-refractivity contribution in [3.63, 3.8) is 0 Å². The Kier molecular flexibility index (Phi) is 10.7. The van der Waals surface area contributed by atoms with E-state index in [-0.39, 0.29) is 17.2 Å². The highest BCUT2D eigenvalue weighted by Gasteiger charge is 2.45. The third-order valence-corrected chi connectivity index (χ3v) is 7.13. The Morgan fingerprint density at radius 3 is 2.12 bits per heavy atom. The largest absolute Gasteiger partial charge is 0.466 e. The minimum absolute atomic E-state index is 0.161. The van der Waals surface area contributed by atoms with Gasteiger partial charge in [-0.05, 0) is 65.2 Å². The molecule has 0 bridgehead atoms. The Hall–Kier alpha value is -5.34. The highest BCUT2D eigenvalue weighted by Crippen LogP contribution is 2.39. The van der Waals surface area contributed by atoms with Gasteiger partial charge in [-0.3, -0.25) is 4.79 Å². The number of ether oxygens (including phenoxy) is 2. The Morgan fingerprint density at radius 1 is 0.816 bits per heavy atom. The fraction of sp³-hybridized carbons (Fsp3) is 0.176. The molecule has 1 atom stereocenters. The number of alkyl halides is 7. The van der Waals surface area contributed by atoms with E-state index in [0.717, 1.165) is 37.5 Å². The summed E-state index contributed by atoms with van der Waals surface area (Å²) in [5.41, 5.74) is -5.43. The van der Waals surface area contributed by atoms with Crippen molar-refractivity contribution >= 4 is 18.0 Å². The predicted octanol–water partition coefficient (Wildman–Crippen LogP) is 8.46. The van der Waals surface area contributed by atoms with E-state index >= 15 is 4.39 Å². The van der Waals surface area contributed by atoms with Gasteiger partial charge >= 0.3 is 24.7 Å². The standard InChI is InChI=1S/C34H23F10NO4/c1-48-29(46)12-8-20-13-22(9-11-27(20)36)32(18-19-5-3-2-4-6-19,23-15-24(35)17-25(16-23)49-34(43,44)31(38)39)45-30(47)21-7-10-28(37)26(14-21)33(40,41)42/h2-17,31H,18H2,1H3,(H,45,47)/b12-8+. The number of esters is 1. The summed E-state index contributed by atoms with van der Waals surface area (Å²) in [6, 6.07) is 13.7. The molecule has 0 aliphatic carbocycles. The average Bonchev–Trinajstić information content (AvgIpc) is 3.03. The van der Waals surface area contributed by atoms with Crippen LogP contribution in [0.3, 0.4) is 0 Å². The molecule has 4 aromatic rings. The molecule has 49 heavy (non-hydrogen) atoms. The minimum Gasteiger partial charge on any atom is -0.466 e. The first kappa shape index (κ1) is 36.5. The fourth-order valence-corrected chi connectivity index (χ4v) is 4.84. The number of rotatable bonds is 11. The van der Waals surface area contributed by atoms with E-state index in [0.29, 0.717) is 35.9 Å². The Balaban J connectivity index is 2.04. The predicted molar refractivity (Wildman–Crippen MR) is 155 cm³/mol. The molecule has 0 heterocycles. The molecule has 0 saturated carbocycles. The SMILES string of the molecule is COC(=O)/C=C/c1cc(C(Cc2ccccc2)(NC(=O)c2ccc(F)c(C(F)(F)F)c2)c2cc(F)cc(OC(F)(F)C(F)F)c2)ccc1F. The van der Waals surface area contributed by atoms with Gasteiger partial charge in [0, 0.05) is 29.7 Å². The lowest BCUT2D eigenvalue weighted by Gasteiger charge is -2.37. The monoisotopic (exact) mass is 699 g/mol. The van der Waals surface area contributed by atoms with Crippen molar-refractivity contribution < 1.29 is 63.0 Å². The summed E-state index contributed by atoms with van der Waals surface area (Å²) in [4.78, 5) is 25.5. The van der Waals surface area contributed by atoms with Crippen molar-refractivity contribution in [2.24, 2.45) is 0 Å². The van der Waals surface area contributed by atoms with Crippen molar-refractivity contribution in [3.05, 3.63) is 142 Å². The first-order valence-electron chi connectivity index (χ1n) is 13.9. The van der Waals surface area contributed by atoms with Gasteiger partial charge in [-0.25, -0.2) is 18.0 Å². The van der Waals surface area contributed by atoms with Crippen LogP contribution in [0.2, 0.25) is 0 Å². The zero-order chi connectivity index (χ0) is 36.1. The summed E-state index contributed by atoms with van der Waals surface area (Å²) >= 11 is 0. The van der Waals surface area contributed by atoms with E-state index in [2.05, 4.69) is 14.8 Å². The van der Waals surface area contributed by atoms with E-state index in [1.54, 1.807) is 6.07 Å². The molecular weight excluding hydrogens is 676 g/mol. The Labute approximate surface area is 271 Å². The van der Waals surface area contributed by atoms with Crippen molar-refractivity contribution in [3.8, 4) is 5.75 Å². The van der Waals surface area contributed by atoms with Crippen molar-refractivity contribution in [2.75, 3.05) is 7.11 Å². The van der Waals surface area contributed by atoms with E-state index < -0.39 is 82.4 Å². The van der Waals surface area contributed by atoms with Crippen LogP contribution in [0.5, 0.6) is 5.75 Å². The van der Waals surface area contributed by atoms with Gasteiger partial charge in [0.25, 0.3) is 5.91 Å². The zero-order valence-corrected chi connectivity index (χ0v) is 24.9. The van der Waals surface area contributed by atoms with Gasteiger partial charge in [0.1, 0.15) is 23.2 Å². The highest BCUT2D eigenvalue weighted by atomic mass is 19.4. The van der Waals surface area contributed by atoms with Gasteiger partial charge in [-0.15, -0.1) is 0 Å². The van der Waals surface area contributed by atoms with Crippen LogP contribution in [0.25, 0.3) is 6.08 Å². The van der Waals surface area contributed by atoms with E-state index in [4.69, 9.17) is 0 Å². The maximum absolute atomic E-state index is 15.2. The fourth-order valence-electron chi connectivity index (χ4n) is 4.84. The molecule has 1 N–H and O–H groups in total. The lowest BCUT2D eigenvalue weighted by Crippen LogP contribution is -2.49. The van der Waals surface area contributed by atoms with Gasteiger partial charge in [-0.1, -0.05) is 36.4 Å². The Morgan fingerprint density at radius 2 is 1.49 bits per heavy atom. The van der Waals surface area contributed by atoms with Crippen LogP contribution in [0.1, 0.15) is 38.2 Å². The number of hydrogen-bond acceptors (Lipinski definition) is 4. The molecule has 4 aromatic carbocycles. The first-order valence-corrected chi connectivity index (χ1v) is 13.9. The second-order valence-corrected chi connectivity index (χ2v) is 10.4. The Bertz CT molecular complexity index is 1860. The van der Waals surface area contributed by atoms with Gasteiger partial charge in [0.05, 0.1) is 18.2 Å². The van der Waals surface area contributed by atoms with Crippen LogP contribution in [0.4, 0.5) is 43.9 Å². The molecule has 15 heteroatoms. The molecule has 0 radical (unpaired) electrons. The molecule has 0 aromatic heterocycles. The summed E-state index contributed by atoms with van der Waals surface area (Å²) in [6.07, 6.45) is -13.3. The van der Waals surface area contributed by atoms with E-state index in [9.17, 15) is 49.1 Å². The van der Waals surface area contributed by atoms with Gasteiger partial charge in [-0.2, -0.15) is 30.7 Å². The molecule has 1 unspecified atom stereocenters. The molecule has 4 rings (SSSR count). The molecular formula is C34H23F10NO4. The third-order valence-electron chi connectivity index (χ3n) is 7.13. The minimum atomic E-state index is -5.23. The molecule has 0 aliphatic rings. The number of nitrogens with one attached hydrogen (secondary N) is 1. The third kappa shape index (κ3) is 8.58. The summed E-state index contributed by atoms with van der Waals surface area (Å²) in [5.74, 6) is -7.34. The van der Waals surface area contributed by atoms with Gasteiger partial charge in [0.2, 0.25) is 0 Å². The molecule has 0 spiro atoms. The lowest BCUT2D eigenvalue weighted by molar-refractivity contribution is -0.253. The number of methoxy groups -OCH3 is 1. The average molecular weight is 700 g/mol. The molecule has 0 saturated heterocycles. The van der Waals surface area contributed by atoms with Crippen LogP contribution in [0.15, 0.2) is 91.0 Å². The van der Waals surface area contributed by atoms with Crippen LogP contribution >= 0.6 is 0 Å². The van der Waals surface area contributed by atoms with Crippen molar-refractivity contribution in [2.45, 2.75) is 30.7 Å². The van der Waals surface area contributed by atoms with Crippen LogP contribution < -0.4 is 10.1 Å². The second kappa shape index (κ2) is 14.4. The number of halogens is 10. The number of amides is 1. The molecule has 1 amide bonds. The van der Waals surface area contributed by atoms with Gasteiger partial charge < -0.3 is 14.8 Å². The summed E-state index contributed by atoms with van der Waals surface area (Å²) in [5, 5.41) is 2.46. The molecule has 258 valence electrons.